The van der Waals surface area contributed by atoms with E-state index in [4.69, 9.17) is 17.3 Å². The summed E-state index contributed by atoms with van der Waals surface area (Å²) < 4.78 is 0. The number of aromatic nitrogens is 1. The van der Waals surface area contributed by atoms with Gasteiger partial charge in [-0.2, -0.15) is 0 Å². The first-order valence-corrected chi connectivity index (χ1v) is 4.29. The Balaban J connectivity index is 2.64. The molecule has 0 aromatic carbocycles. The highest BCUT2D eigenvalue weighted by Crippen LogP contribution is 2.18. The molecule has 11 heavy (non-hydrogen) atoms. The SMILES string of the molecule is NCC(=O)Cc1scnc1Cl. The van der Waals surface area contributed by atoms with Gasteiger partial charge in [-0.3, -0.25) is 4.79 Å². The van der Waals surface area contributed by atoms with Crippen LogP contribution >= 0.6 is 22.9 Å². The van der Waals surface area contributed by atoms with Crippen molar-refractivity contribution >= 4 is 28.7 Å². The number of ketones is 1. The first kappa shape index (κ1) is 8.64. The molecular formula is C6H7ClN2OS. The van der Waals surface area contributed by atoms with Crippen molar-refractivity contribution in [2.24, 2.45) is 5.73 Å². The molecule has 1 rings (SSSR count). The summed E-state index contributed by atoms with van der Waals surface area (Å²) in [5.41, 5.74) is 6.74. The molecule has 0 saturated heterocycles. The lowest BCUT2D eigenvalue weighted by Crippen LogP contribution is -2.15. The fraction of sp³-hybridized carbons (Fsp3) is 0.333. The standard InChI is InChI=1S/C6H7ClN2OS/c7-6-5(11-3-9-6)1-4(10)2-8/h3H,1-2,8H2. The van der Waals surface area contributed by atoms with Crippen molar-refractivity contribution in [3.8, 4) is 0 Å². The van der Waals surface area contributed by atoms with E-state index in [-0.39, 0.29) is 12.3 Å². The minimum absolute atomic E-state index is 0.0175. The Kier molecular flexibility index (Phi) is 2.99. The highest BCUT2D eigenvalue weighted by atomic mass is 35.5. The predicted molar refractivity (Wildman–Crippen MR) is 44.9 cm³/mol. The van der Waals surface area contributed by atoms with Crippen LogP contribution < -0.4 is 5.73 Å². The van der Waals surface area contributed by atoms with Crippen LogP contribution in [-0.2, 0) is 11.2 Å². The van der Waals surface area contributed by atoms with Crippen molar-refractivity contribution in [2.75, 3.05) is 6.54 Å². The zero-order valence-electron chi connectivity index (χ0n) is 5.71. The van der Waals surface area contributed by atoms with Gasteiger partial charge in [0.2, 0.25) is 0 Å². The third-order valence-corrected chi connectivity index (χ3v) is 2.45. The molecule has 0 aliphatic rings. The molecule has 60 valence electrons. The number of hydrogen-bond acceptors (Lipinski definition) is 4. The normalized spacial score (nSPS) is 10.0. The maximum Gasteiger partial charge on any atom is 0.151 e. The number of halogens is 1. The van der Waals surface area contributed by atoms with Crippen LogP contribution in [-0.4, -0.2) is 17.3 Å². The molecule has 0 fully saturated rings. The lowest BCUT2D eigenvalue weighted by Gasteiger charge is -1.92. The molecule has 0 unspecified atom stereocenters. The van der Waals surface area contributed by atoms with Crippen LogP contribution in [0.1, 0.15) is 4.88 Å². The van der Waals surface area contributed by atoms with Gasteiger partial charge in [0.25, 0.3) is 0 Å². The first-order valence-electron chi connectivity index (χ1n) is 3.03. The van der Waals surface area contributed by atoms with Gasteiger partial charge >= 0.3 is 0 Å². The van der Waals surface area contributed by atoms with Crippen LogP contribution in [0.5, 0.6) is 0 Å². The highest BCUT2D eigenvalue weighted by molar-refractivity contribution is 7.10. The van der Waals surface area contributed by atoms with Gasteiger partial charge in [-0.1, -0.05) is 11.6 Å². The molecule has 3 nitrogen and oxygen atoms in total. The fourth-order valence-electron chi connectivity index (χ4n) is 0.623. The summed E-state index contributed by atoms with van der Waals surface area (Å²) >= 11 is 7.02. The number of hydrogen-bond donors (Lipinski definition) is 1. The lowest BCUT2D eigenvalue weighted by atomic mass is 10.2. The Morgan fingerprint density at radius 1 is 1.82 bits per heavy atom. The summed E-state index contributed by atoms with van der Waals surface area (Å²) in [5, 5.41) is 0.414. The Labute approximate surface area is 73.2 Å². The summed E-state index contributed by atoms with van der Waals surface area (Å²) in [7, 11) is 0. The molecule has 0 radical (unpaired) electrons. The van der Waals surface area contributed by atoms with Crippen LogP contribution in [0, 0.1) is 0 Å². The third kappa shape index (κ3) is 2.25. The van der Waals surface area contributed by atoms with Crippen LogP contribution in [0.3, 0.4) is 0 Å². The monoisotopic (exact) mass is 190 g/mol. The maximum atomic E-state index is 10.8. The minimum Gasteiger partial charge on any atom is -0.324 e. The summed E-state index contributed by atoms with van der Waals surface area (Å²) in [4.78, 5) is 15.4. The van der Waals surface area contributed by atoms with E-state index >= 15 is 0 Å². The van der Waals surface area contributed by atoms with E-state index in [2.05, 4.69) is 4.98 Å². The molecule has 0 aliphatic carbocycles. The van der Waals surface area contributed by atoms with Crippen molar-refractivity contribution in [2.45, 2.75) is 6.42 Å². The molecule has 0 amide bonds. The average Bonchev–Trinajstić information content (AvgIpc) is 2.37. The largest absolute Gasteiger partial charge is 0.324 e. The second-order valence-corrected chi connectivity index (χ2v) is 3.28. The topological polar surface area (TPSA) is 56.0 Å². The third-order valence-electron chi connectivity index (χ3n) is 1.18. The summed E-state index contributed by atoms with van der Waals surface area (Å²) in [6.45, 7) is 0.0637. The molecule has 5 heteroatoms. The number of carbonyl (C=O) groups excluding carboxylic acids is 1. The van der Waals surface area contributed by atoms with Crippen LogP contribution in [0.25, 0.3) is 0 Å². The molecule has 0 aliphatic heterocycles. The molecule has 0 saturated carbocycles. The van der Waals surface area contributed by atoms with Gasteiger partial charge in [0.15, 0.2) is 5.78 Å². The van der Waals surface area contributed by atoms with Gasteiger partial charge in [0.1, 0.15) is 5.15 Å². The predicted octanol–water partition coefficient (Wildman–Crippen LogP) is 0.867. The van der Waals surface area contributed by atoms with E-state index in [1.54, 1.807) is 5.51 Å². The van der Waals surface area contributed by atoms with Gasteiger partial charge in [-0.25, -0.2) is 4.98 Å². The van der Waals surface area contributed by atoms with Crippen molar-refractivity contribution in [1.82, 2.24) is 4.98 Å². The van der Waals surface area contributed by atoms with Gasteiger partial charge in [-0.05, 0) is 0 Å². The van der Waals surface area contributed by atoms with Gasteiger partial charge < -0.3 is 5.73 Å². The number of nitrogens with two attached hydrogens (primary N) is 1. The molecule has 0 spiro atoms. The van der Waals surface area contributed by atoms with E-state index in [1.807, 2.05) is 0 Å². The Bertz CT molecular complexity index is 261. The zero-order valence-corrected chi connectivity index (χ0v) is 7.28. The summed E-state index contributed by atoms with van der Waals surface area (Å²) in [6.07, 6.45) is 0.306. The smallest absolute Gasteiger partial charge is 0.151 e. The minimum atomic E-state index is -0.0175. The number of Topliss-reactive ketones (excluding diaryl/α,β-unsaturated/α-hetero) is 1. The summed E-state index contributed by atoms with van der Waals surface area (Å²) in [6, 6.07) is 0. The fourth-order valence-corrected chi connectivity index (χ4v) is 1.61. The maximum absolute atomic E-state index is 10.8. The van der Waals surface area contributed by atoms with E-state index in [0.717, 1.165) is 4.88 Å². The molecule has 1 aromatic heterocycles. The van der Waals surface area contributed by atoms with Crippen LogP contribution in [0.4, 0.5) is 0 Å². The zero-order chi connectivity index (χ0) is 8.27. The Morgan fingerprint density at radius 2 is 2.55 bits per heavy atom. The van der Waals surface area contributed by atoms with Crippen molar-refractivity contribution < 1.29 is 4.79 Å². The van der Waals surface area contributed by atoms with Gasteiger partial charge in [0, 0.05) is 6.42 Å². The van der Waals surface area contributed by atoms with Gasteiger partial charge in [0.05, 0.1) is 16.9 Å². The molecule has 2 N–H and O–H groups in total. The molecule has 1 aromatic rings. The van der Waals surface area contributed by atoms with Crippen LogP contribution in [0.15, 0.2) is 5.51 Å². The highest BCUT2D eigenvalue weighted by Gasteiger charge is 2.07. The van der Waals surface area contributed by atoms with E-state index in [0.29, 0.717) is 11.6 Å². The Morgan fingerprint density at radius 3 is 3.00 bits per heavy atom. The van der Waals surface area contributed by atoms with Crippen molar-refractivity contribution in [3.05, 3.63) is 15.5 Å². The quantitative estimate of drug-likeness (QED) is 0.770. The second-order valence-electron chi connectivity index (χ2n) is 1.99. The van der Waals surface area contributed by atoms with E-state index in [1.165, 1.54) is 11.3 Å². The Hall–Kier alpha value is -0.450. The lowest BCUT2D eigenvalue weighted by molar-refractivity contribution is -0.117. The number of rotatable bonds is 3. The van der Waals surface area contributed by atoms with E-state index < -0.39 is 0 Å². The molecular weight excluding hydrogens is 184 g/mol. The summed E-state index contributed by atoms with van der Waals surface area (Å²) in [5.74, 6) is -0.0175. The molecule has 1 heterocycles. The number of thiazole rings is 1. The second kappa shape index (κ2) is 3.80. The number of carbonyl (C=O) groups is 1. The average molecular weight is 191 g/mol. The van der Waals surface area contributed by atoms with Gasteiger partial charge in [-0.15, -0.1) is 11.3 Å². The van der Waals surface area contributed by atoms with E-state index in [9.17, 15) is 4.79 Å². The first-order chi connectivity index (χ1) is 5.24. The molecule has 0 atom stereocenters. The van der Waals surface area contributed by atoms with Crippen molar-refractivity contribution in [3.63, 3.8) is 0 Å². The van der Waals surface area contributed by atoms with Crippen LogP contribution in [0.2, 0.25) is 5.15 Å². The molecule has 0 bridgehead atoms. The van der Waals surface area contributed by atoms with Crippen molar-refractivity contribution in [1.29, 1.82) is 0 Å². The number of nitrogens with zero attached hydrogens (tertiary/aromatic N) is 1.